The summed E-state index contributed by atoms with van der Waals surface area (Å²) < 4.78 is 0. The number of nitrogens with one attached hydrogen (secondary N) is 2. The van der Waals surface area contributed by atoms with Crippen molar-refractivity contribution in [2.24, 2.45) is 0 Å². The van der Waals surface area contributed by atoms with E-state index in [-0.39, 0.29) is 18.4 Å². The van der Waals surface area contributed by atoms with Crippen LogP contribution in [0.2, 0.25) is 5.02 Å². The molecule has 0 saturated carbocycles. The zero-order valence-electron chi connectivity index (χ0n) is 14.4. The van der Waals surface area contributed by atoms with E-state index in [0.29, 0.717) is 27.8 Å². The van der Waals surface area contributed by atoms with Gasteiger partial charge in [-0.1, -0.05) is 23.7 Å². The van der Waals surface area contributed by atoms with Crippen molar-refractivity contribution in [2.45, 2.75) is 18.8 Å². The third-order valence-electron chi connectivity index (χ3n) is 3.40. The number of anilines is 1. The first-order chi connectivity index (χ1) is 12.4. The summed E-state index contributed by atoms with van der Waals surface area (Å²) in [5.41, 5.74) is 2.29. The lowest BCUT2D eigenvalue weighted by Crippen LogP contribution is -2.30. The van der Waals surface area contributed by atoms with E-state index in [1.807, 2.05) is 12.1 Å². The summed E-state index contributed by atoms with van der Waals surface area (Å²) in [6.07, 6.45) is -0.575. The van der Waals surface area contributed by atoms with Crippen LogP contribution in [0.15, 0.2) is 48.5 Å². The monoisotopic (exact) mass is 392 g/mol. The molecule has 7 heteroatoms. The van der Waals surface area contributed by atoms with E-state index >= 15 is 0 Å². The Balaban J connectivity index is 1.74. The topological polar surface area (TPSA) is 78.4 Å². The maximum atomic E-state index is 11.9. The molecule has 0 spiro atoms. The highest BCUT2D eigenvalue weighted by Crippen LogP contribution is 2.16. The summed E-state index contributed by atoms with van der Waals surface area (Å²) in [5.74, 6) is 0.710. The van der Waals surface area contributed by atoms with Crippen molar-refractivity contribution < 1.29 is 14.7 Å². The molecule has 2 rings (SSSR count). The van der Waals surface area contributed by atoms with Crippen LogP contribution in [0.5, 0.6) is 0 Å². The van der Waals surface area contributed by atoms with Crippen LogP contribution < -0.4 is 10.6 Å². The number of rotatable bonds is 8. The van der Waals surface area contributed by atoms with E-state index in [1.54, 1.807) is 43.3 Å². The fourth-order valence-electron chi connectivity index (χ4n) is 2.09. The van der Waals surface area contributed by atoms with Gasteiger partial charge in [-0.05, 0) is 48.9 Å². The van der Waals surface area contributed by atoms with E-state index in [0.717, 1.165) is 5.56 Å². The number of hydrogen-bond acceptors (Lipinski definition) is 4. The molecule has 0 fully saturated rings. The van der Waals surface area contributed by atoms with Gasteiger partial charge >= 0.3 is 0 Å². The van der Waals surface area contributed by atoms with Gasteiger partial charge in [0.05, 0.1) is 11.9 Å². The Hall–Kier alpha value is -2.02. The second-order valence-electron chi connectivity index (χ2n) is 5.80. The molecule has 138 valence electrons. The van der Waals surface area contributed by atoms with Crippen LogP contribution in [-0.2, 0) is 10.5 Å². The highest BCUT2D eigenvalue weighted by Gasteiger charge is 2.07. The summed E-state index contributed by atoms with van der Waals surface area (Å²) in [4.78, 5) is 23.8. The summed E-state index contributed by atoms with van der Waals surface area (Å²) in [6, 6.07) is 14.2. The quantitative estimate of drug-likeness (QED) is 0.644. The average molecular weight is 393 g/mol. The highest BCUT2D eigenvalue weighted by molar-refractivity contribution is 7.99. The fourth-order valence-corrected chi connectivity index (χ4v) is 3.00. The minimum atomic E-state index is -0.575. The largest absolute Gasteiger partial charge is 0.392 e. The normalized spacial score (nSPS) is 11.7. The van der Waals surface area contributed by atoms with Gasteiger partial charge < -0.3 is 15.7 Å². The van der Waals surface area contributed by atoms with Crippen LogP contribution in [0, 0.1) is 0 Å². The number of aliphatic hydroxyl groups excluding tert-OH is 1. The number of amides is 2. The van der Waals surface area contributed by atoms with Gasteiger partial charge in [-0.25, -0.2) is 0 Å². The molecular weight excluding hydrogens is 372 g/mol. The Morgan fingerprint density at radius 3 is 2.38 bits per heavy atom. The molecule has 0 heterocycles. The maximum Gasteiger partial charge on any atom is 0.251 e. The summed E-state index contributed by atoms with van der Waals surface area (Å²) in [7, 11) is 0. The van der Waals surface area contributed by atoms with Gasteiger partial charge in [0.1, 0.15) is 0 Å². The molecule has 0 aliphatic heterocycles. The summed E-state index contributed by atoms with van der Waals surface area (Å²) in [5, 5.41) is 15.3. The van der Waals surface area contributed by atoms with Crippen molar-refractivity contribution in [1.82, 2.24) is 5.32 Å². The first-order valence-electron chi connectivity index (χ1n) is 8.12. The number of carbonyl (C=O) groups is 2. The zero-order chi connectivity index (χ0) is 18.9. The molecule has 2 aromatic rings. The highest BCUT2D eigenvalue weighted by atomic mass is 35.5. The second kappa shape index (κ2) is 10.2. The fraction of sp³-hybridized carbons (Fsp3) is 0.263. The number of hydrogen-bond donors (Lipinski definition) is 3. The Morgan fingerprint density at radius 1 is 1.12 bits per heavy atom. The molecule has 0 aliphatic carbocycles. The number of thioether (sulfide) groups is 1. The first kappa shape index (κ1) is 20.3. The van der Waals surface area contributed by atoms with E-state index in [2.05, 4.69) is 10.6 Å². The molecule has 2 aromatic carbocycles. The number of aliphatic hydroxyl groups is 1. The summed E-state index contributed by atoms with van der Waals surface area (Å²) in [6.45, 7) is 1.84. The average Bonchev–Trinajstić information content (AvgIpc) is 2.62. The Kier molecular flexibility index (Phi) is 7.97. The van der Waals surface area contributed by atoms with Gasteiger partial charge in [0.15, 0.2) is 0 Å². The van der Waals surface area contributed by atoms with Gasteiger partial charge in [0.2, 0.25) is 5.91 Å². The van der Waals surface area contributed by atoms with E-state index < -0.39 is 6.10 Å². The van der Waals surface area contributed by atoms with Crippen molar-refractivity contribution >= 4 is 40.9 Å². The first-order valence-corrected chi connectivity index (χ1v) is 9.65. The molecule has 1 unspecified atom stereocenters. The molecule has 0 bridgehead atoms. The van der Waals surface area contributed by atoms with Crippen molar-refractivity contribution in [3.8, 4) is 0 Å². The SMILES string of the molecule is CC(O)CNC(=O)c1ccc(CSCC(=O)Nc2ccc(Cl)cc2)cc1. The third kappa shape index (κ3) is 7.07. The van der Waals surface area contributed by atoms with E-state index in [4.69, 9.17) is 11.6 Å². The van der Waals surface area contributed by atoms with Crippen LogP contribution in [0.4, 0.5) is 5.69 Å². The Bertz CT molecular complexity index is 733. The minimum absolute atomic E-state index is 0.0774. The molecule has 2 amide bonds. The molecule has 0 aromatic heterocycles. The lowest BCUT2D eigenvalue weighted by atomic mass is 10.1. The standard InChI is InChI=1S/C19H21ClN2O3S/c1-13(23)10-21-19(25)15-4-2-14(3-5-15)11-26-12-18(24)22-17-8-6-16(20)7-9-17/h2-9,13,23H,10-12H2,1H3,(H,21,25)(H,22,24). The van der Waals surface area contributed by atoms with Crippen LogP contribution in [0.3, 0.4) is 0 Å². The van der Waals surface area contributed by atoms with E-state index in [9.17, 15) is 14.7 Å². The molecule has 5 nitrogen and oxygen atoms in total. The molecule has 3 N–H and O–H groups in total. The van der Waals surface area contributed by atoms with Crippen molar-refractivity contribution in [3.05, 3.63) is 64.7 Å². The Morgan fingerprint density at radius 2 is 1.77 bits per heavy atom. The van der Waals surface area contributed by atoms with Crippen molar-refractivity contribution in [2.75, 3.05) is 17.6 Å². The van der Waals surface area contributed by atoms with Gasteiger partial charge in [0, 0.05) is 28.6 Å². The number of carbonyl (C=O) groups excluding carboxylic acids is 2. The van der Waals surface area contributed by atoms with Gasteiger partial charge in [0.25, 0.3) is 5.91 Å². The molecule has 0 aliphatic rings. The zero-order valence-corrected chi connectivity index (χ0v) is 15.9. The Labute approximate surface area is 162 Å². The van der Waals surface area contributed by atoms with E-state index in [1.165, 1.54) is 11.8 Å². The minimum Gasteiger partial charge on any atom is -0.392 e. The molecule has 0 radical (unpaired) electrons. The third-order valence-corrected chi connectivity index (χ3v) is 4.66. The lowest BCUT2D eigenvalue weighted by Gasteiger charge is -2.08. The lowest BCUT2D eigenvalue weighted by molar-refractivity contribution is -0.113. The van der Waals surface area contributed by atoms with Crippen LogP contribution in [0.25, 0.3) is 0 Å². The van der Waals surface area contributed by atoms with Crippen LogP contribution >= 0.6 is 23.4 Å². The van der Waals surface area contributed by atoms with Crippen molar-refractivity contribution in [1.29, 1.82) is 0 Å². The maximum absolute atomic E-state index is 11.9. The predicted octanol–water partition coefficient (Wildman–Crippen LogP) is 3.32. The van der Waals surface area contributed by atoms with Gasteiger partial charge in [-0.3, -0.25) is 9.59 Å². The van der Waals surface area contributed by atoms with Crippen molar-refractivity contribution in [3.63, 3.8) is 0 Å². The van der Waals surface area contributed by atoms with Gasteiger partial charge in [-0.2, -0.15) is 0 Å². The van der Waals surface area contributed by atoms with Crippen LogP contribution in [-0.4, -0.2) is 35.3 Å². The second-order valence-corrected chi connectivity index (χ2v) is 7.23. The molecular formula is C19H21ClN2O3S. The molecule has 0 saturated heterocycles. The number of halogens is 1. The predicted molar refractivity (Wildman–Crippen MR) is 107 cm³/mol. The summed E-state index contributed by atoms with van der Waals surface area (Å²) >= 11 is 7.30. The number of benzene rings is 2. The molecule has 26 heavy (non-hydrogen) atoms. The van der Waals surface area contributed by atoms with Gasteiger partial charge in [-0.15, -0.1) is 11.8 Å². The smallest absolute Gasteiger partial charge is 0.251 e. The van der Waals surface area contributed by atoms with Crippen LogP contribution in [0.1, 0.15) is 22.8 Å². The molecule has 1 atom stereocenters.